The fourth-order valence-electron chi connectivity index (χ4n) is 1.77. The lowest BCUT2D eigenvalue weighted by Crippen LogP contribution is -2.31. The predicted molar refractivity (Wildman–Crippen MR) is 65.7 cm³/mol. The molecule has 4 heteroatoms. The number of nitrogens with zero attached hydrogens (tertiary/aromatic N) is 1. The Kier molecular flexibility index (Phi) is 6.19. The molecule has 0 aromatic heterocycles. The third-order valence-corrected chi connectivity index (χ3v) is 2.97. The molecule has 0 saturated heterocycles. The van der Waals surface area contributed by atoms with E-state index in [4.69, 9.17) is 4.74 Å². The summed E-state index contributed by atoms with van der Waals surface area (Å²) in [6.45, 7) is 6.64. The van der Waals surface area contributed by atoms with Crippen molar-refractivity contribution in [2.45, 2.75) is 39.5 Å². The summed E-state index contributed by atoms with van der Waals surface area (Å²) in [7, 11) is 0. The van der Waals surface area contributed by atoms with Crippen molar-refractivity contribution in [3.63, 3.8) is 0 Å². The van der Waals surface area contributed by atoms with Crippen molar-refractivity contribution >= 4 is 11.8 Å². The number of hydrogen-bond donors (Lipinski definition) is 0. The molecule has 0 N–H and O–H groups in total. The molecule has 0 heterocycles. The van der Waals surface area contributed by atoms with E-state index in [1.165, 1.54) is 12.8 Å². The average molecular weight is 241 g/mol. The first-order valence-electron chi connectivity index (χ1n) is 6.55. The van der Waals surface area contributed by atoms with Crippen LogP contribution in [0.1, 0.15) is 39.5 Å². The summed E-state index contributed by atoms with van der Waals surface area (Å²) in [6, 6.07) is 0. The van der Waals surface area contributed by atoms with Crippen molar-refractivity contribution in [1.82, 2.24) is 4.90 Å². The number of carbonyl (C=O) groups excluding carboxylic acids is 2. The van der Waals surface area contributed by atoms with E-state index >= 15 is 0 Å². The van der Waals surface area contributed by atoms with Crippen LogP contribution < -0.4 is 0 Å². The molecule has 1 fully saturated rings. The Morgan fingerprint density at radius 2 is 1.94 bits per heavy atom. The van der Waals surface area contributed by atoms with Gasteiger partial charge in [0.1, 0.15) is 5.78 Å². The zero-order chi connectivity index (χ0) is 12.7. The molecule has 4 nitrogen and oxygen atoms in total. The number of rotatable bonds is 9. The third-order valence-electron chi connectivity index (χ3n) is 2.97. The third kappa shape index (κ3) is 6.41. The topological polar surface area (TPSA) is 46.6 Å². The number of ketones is 1. The summed E-state index contributed by atoms with van der Waals surface area (Å²) in [6.07, 6.45) is 3.12. The lowest BCUT2D eigenvalue weighted by molar-refractivity contribution is -0.144. The minimum absolute atomic E-state index is 0.139. The Hall–Kier alpha value is -0.900. The zero-order valence-electron chi connectivity index (χ0n) is 10.9. The summed E-state index contributed by atoms with van der Waals surface area (Å²) in [4.78, 5) is 24.9. The van der Waals surface area contributed by atoms with Crippen molar-refractivity contribution in [2.24, 2.45) is 5.92 Å². The SMILES string of the molecule is CCOC(=O)CCC(=O)CN(CC)CC1CC1. The second kappa shape index (κ2) is 7.43. The van der Waals surface area contributed by atoms with E-state index in [9.17, 15) is 9.59 Å². The van der Waals surface area contributed by atoms with Gasteiger partial charge in [-0.2, -0.15) is 0 Å². The van der Waals surface area contributed by atoms with Crippen LogP contribution in [0.15, 0.2) is 0 Å². The number of hydrogen-bond acceptors (Lipinski definition) is 4. The molecule has 0 spiro atoms. The standard InChI is InChI=1S/C13H23NO3/c1-3-14(9-11-5-6-11)10-12(15)7-8-13(16)17-4-2/h11H,3-10H2,1-2H3. The molecule has 0 unspecified atom stereocenters. The molecule has 1 aliphatic carbocycles. The molecule has 0 atom stereocenters. The predicted octanol–water partition coefficient (Wildman–Crippen LogP) is 1.63. The maximum Gasteiger partial charge on any atom is 0.306 e. The highest BCUT2D eigenvalue weighted by Gasteiger charge is 2.24. The van der Waals surface area contributed by atoms with Crippen molar-refractivity contribution in [2.75, 3.05) is 26.2 Å². The number of Topliss-reactive ketones (excluding diaryl/α,β-unsaturated/α-hetero) is 1. The fraction of sp³-hybridized carbons (Fsp3) is 0.846. The monoisotopic (exact) mass is 241 g/mol. The van der Waals surface area contributed by atoms with E-state index in [-0.39, 0.29) is 18.2 Å². The lowest BCUT2D eigenvalue weighted by atomic mass is 10.2. The normalized spacial score (nSPS) is 15.0. The molecule has 0 aromatic rings. The quantitative estimate of drug-likeness (QED) is 0.576. The number of esters is 1. The van der Waals surface area contributed by atoms with Crippen LogP contribution in [-0.4, -0.2) is 42.9 Å². The average Bonchev–Trinajstić information content (AvgIpc) is 3.10. The van der Waals surface area contributed by atoms with E-state index in [1.807, 2.05) is 0 Å². The van der Waals surface area contributed by atoms with Crippen molar-refractivity contribution in [3.05, 3.63) is 0 Å². The van der Waals surface area contributed by atoms with E-state index < -0.39 is 0 Å². The highest BCUT2D eigenvalue weighted by molar-refractivity contribution is 5.84. The molecule has 0 amide bonds. The Morgan fingerprint density at radius 3 is 2.47 bits per heavy atom. The smallest absolute Gasteiger partial charge is 0.306 e. The summed E-state index contributed by atoms with van der Waals surface area (Å²) < 4.78 is 4.79. The Morgan fingerprint density at radius 1 is 1.24 bits per heavy atom. The Labute approximate surface area is 103 Å². The molecular formula is C13H23NO3. The molecule has 0 radical (unpaired) electrons. The Bertz CT molecular complexity index is 261. The first-order chi connectivity index (χ1) is 8.15. The maximum absolute atomic E-state index is 11.7. The highest BCUT2D eigenvalue weighted by Crippen LogP contribution is 2.29. The second-order valence-corrected chi connectivity index (χ2v) is 4.61. The van der Waals surface area contributed by atoms with Gasteiger partial charge in [-0.05, 0) is 32.2 Å². The summed E-state index contributed by atoms with van der Waals surface area (Å²) >= 11 is 0. The van der Waals surface area contributed by atoms with Gasteiger partial charge in [0.15, 0.2) is 0 Å². The van der Waals surface area contributed by atoms with E-state index in [2.05, 4.69) is 11.8 Å². The maximum atomic E-state index is 11.7. The van der Waals surface area contributed by atoms with E-state index in [0.717, 1.165) is 19.0 Å². The summed E-state index contributed by atoms with van der Waals surface area (Å²) in [5.41, 5.74) is 0. The van der Waals surface area contributed by atoms with Crippen molar-refractivity contribution in [1.29, 1.82) is 0 Å². The molecule has 1 saturated carbocycles. The first kappa shape index (κ1) is 14.2. The minimum Gasteiger partial charge on any atom is -0.466 e. The molecular weight excluding hydrogens is 218 g/mol. The molecule has 0 aliphatic heterocycles. The van der Waals surface area contributed by atoms with E-state index in [0.29, 0.717) is 19.6 Å². The highest BCUT2D eigenvalue weighted by atomic mass is 16.5. The lowest BCUT2D eigenvalue weighted by Gasteiger charge is -2.18. The van der Waals surface area contributed by atoms with Gasteiger partial charge >= 0.3 is 5.97 Å². The van der Waals surface area contributed by atoms with Crippen LogP contribution in [0.4, 0.5) is 0 Å². The van der Waals surface area contributed by atoms with Crippen molar-refractivity contribution in [3.8, 4) is 0 Å². The second-order valence-electron chi connectivity index (χ2n) is 4.61. The fourth-order valence-corrected chi connectivity index (χ4v) is 1.77. The van der Waals surface area contributed by atoms with E-state index in [1.54, 1.807) is 6.92 Å². The van der Waals surface area contributed by atoms with Crippen molar-refractivity contribution < 1.29 is 14.3 Å². The number of likely N-dealkylation sites (N-methyl/N-ethyl adjacent to an activating group) is 1. The molecule has 0 aromatic carbocycles. The van der Waals surface area contributed by atoms with Gasteiger partial charge in [-0.25, -0.2) is 0 Å². The van der Waals surface area contributed by atoms with Gasteiger partial charge in [0.05, 0.1) is 19.6 Å². The van der Waals surface area contributed by atoms with Crippen LogP contribution in [0.5, 0.6) is 0 Å². The summed E-state index contributed by atoms with van der Waals surface area (Å²) in [5.74, 6) is 0.666. The molecule has 1 rings (SSSR count). The van der Waals surface area contributed by atoms with Gasteiger partial charge in [0.2, 0.25) is 0 Å². The first-order valence-corrected chi connectivity index (χ1v) is 6.55. The van der Waals surface area contributed by atoms with Crippen LogP contribution in [-0.2, 0) is 14.3 Å². The summed E-state index contributed by atoms with van der Waals surface area (Å²) in [5, 5.41) is 0. The van der Waals surface area contributed by atoms with Crippen LogP contribution in [0.2, 0.25) is 0 Å². The molecule has 98 valence electrons. The van der Waals surface area contributed by atoms with Gasteiger partial charge in [0.25, 0.3) is 0 Å². The van der Waals surface area contributed by atoms with Crippen LogP contribution in [0.3, 0.4) is 0 Å². The molecule has 1 aliphatic rings. The van der Waals surface area contributed by atoms with Crippen LogP contribution >= 0.6 is 0 Å². The van der Waals surface area contributed by atoms with Gasteiger partial charge in [0, 0.05) is 13.0 Å². The van der Waals surface area contributed by atoms with Crippen LogP contribution in [0.25, 0.3) is 0 Å². The van der Waals surface area contributed by atoms with Gasteiger partial charge in [-0.3, -0.25) is 14.5 Å². The van der Waals surface area contributed by atoms with Gasteiger partial charge in [-0.15, -0.1) is 0 Å². The largest absolute Gasteiger partial charge is 0.466 e. The molecule has 17 heavy (non-hydrogen) atoms. The van der Waals surface area contributed by atoms with Gasteiger partial charge < -0.3 is 4.74 Å². The number of carbonyl (C=O) groups is 2. The van der Waals surface area contributed by atoms with Gasteiger partial charge in [-0.1, -0.05) is 6.92 Å². The minimum atomic E-state index is -0.272. The zero-order valence-corrected chi connectivity index (χ0v) is 10.9. The Balaban J connectivity index is 2.15. The number of ether oxygens (including phenoxy) is 1. The van der Waals surface area contributed by atoms with Crippen LogP contribution in [0, 0.1) is 5.92 Å². The molecule has 0 bridgehead atoms.